The fourth-order valence-corrected chi connectivity index (χ4v) is 4.55. The van der Waals surface area contributed by atoms with Crippen molar-refractivity contribution in [1.29, 1.82) is 0 Å². The van der Waals surface area contributed by atoms with Gasteiger partial charge in [0.25, 0.3) is 5.91 Å². The van der Waals surface area contributed by atoms with Crippen molar-refractivity contribution in [3.05, 3.63) is 70.8 Å². The smallest absolute Gasteiger partial charge is 0.446 e. The van der Waals surface area contributed by atoms with E-state index in [0.717, 1.165) is 16.3 Å². The first kappa shape index (κ1) is 28.1. The summed E-state index contributed by atoms with van der Waals surface area (Å²) in [4.78, 5) is 35.5. The van der Waals surface area contributed by atoms with Crippen LogP contribution >= 0.6 is 34.7 Å². The van der Waals surface area contributed by atoms with Gasteiger partial charge in [-0.3, -0.25) is 14.9 Å². The molecule has 4 aromatic rings. The minimum Gasteiger partial charge on any atom is -0.493 e. The van der Waals surface area contributed by atoms with Crippen LogP contribution in [0.4, 0.5) is 41.4 Å². The summed E-state index contributed by atoms with van der Waals surface area (Å²) in [6.45, 7) is 0.468. The highest BCUT2D eigenvalue weighted by Gasteiger charge is 2.25. The summed E-state index contributed by atoms with van der Waals surface area (Å²) in [6.07, 6.45) is -2.55. The third-order valence-corrected chi connectivity index (χ3v) is 6.60. The second-order valence-electron chi connectivity index (χ2n) is 7.56. The average Bonchev–Trinajstić information content (AvgIpc) is 3.41. The summed E-state index contributed by atoms with van der Waals surface area (Å²) in [5.74, 6) is 1.80. The quantitative estimate of drug-likeness (QED) is 0.222. The number of benzene rings is 2. The Bertz CT molecular complexity index is 1460. The molecule has 1 amide bonds. The minimum atomic E-state index is -4.64. The summed E-state index contributed by atoms with van der Waals surface area (Å²) in [5, 5.41) is 11.9. The Kier molecular flexibility index (Phi) is 9.22. The molecule has 9 nitrogen and oxygen atoms in total. The number of carbonyl (C=O) groups is 2. The third kappa shape index (κ3) is 8.56. The average molecular weight is 595 g/mol. The number of hydrogen-bond donors (Lipinski definition) is 3. The van der Waals surface area contributed by atoms with E-state index in [0.29, 0.717) is 45.5 Å². The molecule has 6 bridgehead atoms. The molecular formula is C24H18ClF3N6O3S2. The number of hydrogen-bond acceptors (Lipinski definition) is 10. The van der Waals surface area contributed by atoms with Crippen molar-refractivity contribution in [2.75, 3.05) is 28.3 Å². The summed E-state index contributed by atoms with van der Waals surface area (Å²) in [7, 11) is 0. The van der Waals surface area contributed by atoms with Crippen molar-refractivity contribution >= 4 is 75.2 Å². The Morgan fingerprint density at radius 3 is 2.69 bits per heavy atom. The van der Waals surface area contributed by atoms with Crippen molar-refractivity contribution in [2.24, 2.45) is 0 Å². The van der Waals surface area contributed by atoms with Gasteiger partial charge in [0.15, 0.2) is 10.9 Å². The topological polar surface area (TPSA) is 118 Å². The number of aldehydes is 1. The van der Waals surface area contributed by atoms with E-state index in [1.54, 1.807) is 41.5 Å². The van der Waals surface area contributed by atoms with Gasteiger partial charge in [0.05, 0.1) is 12.8 Å². The Hall–Kier alpha value is -3.88. The monoisotopic (exact) mass is 594 g/mol. The molecule has 0 spiro atoms. The standard InChI is InChI=1S/C22H17ClN6O2S2.C2HF3O/c23-18-12-25-21-27-15-8-13(20(30)29-22-24-4-6-33-22)9-16(10-15)31-5-7-32-17-3-1-2-14(11-17)26-19(18)28-21;3-2(4,5)1-6/h1-4,6,8-12H,5,7H2,(H,24,29,30)(H2,25,26,27,28);1H. The van der Waals surface area contributed by atoms with Gasteiger partial charge in [-0.2, -0.15) is 18.2 Å². The predicted octanol–water partition coefficient (Wildman–Crippen LogP) is 6.56. The molecule has 0 saturated carbocycles. The second kappa shape index (κ2) is 12.8. The SMILES string of the molecule is O=C(Nc1nccs1)c1cc2cc(c1)OCCSc1cccc(c1)Nc1nc(ncc1Cl)N2.O=CC(F)(F)F. The van der Waals surface area contributed by atoms with Crippen molar-refractivity contribution in [2.45, 2.75) is 11.1 Å². The van der Waals surface area contributed by atoms with Gasteiger partial charge in [-0.15, -0.1) is 23.1 Å². The molecule has 0 saturated heterocycles. The number of rotatable bonds is 2. The van der Waals surface area contributed by atoms with E-state index >= 15 is 0 Å². The predicted molar refractivity (Wildman–Crippen MR) is 145 cm³/mol. The van der Waals surface area contributed by atoms with E-state index in [2.05, 4.69) is 30.9 Å². The molecule has 2 aromatic heterocycles. The fraction of sp³-hybridized carbons (Fsp3) is 0.125. The second-order valence-corrected chi connectivity index (χ2v) is 10.0. The van der Waals surface area contributed by atoms with Crippen LogP contribution in [0, 0.1) is 0 Å². The largest absolute Gasteiger partial charge is 0.493 e. The molecule has 3 N–H and O–H groups in total. The number of carbonyl (C=O) groups excluding carboxylic acids is 2. The highest BCUT2D eigenvalue weighted by Crippen LogP contribution is 2.30. The van der Waals surface area contributed by atoms with Crippen LogP contribution in [-0.2, 0) is 4.79 Å². The lowest BCUT2D eigenvalue weighted by molar-refractivity contribution is -0.156. The first-order valence-corrected chi connectivity index (χ1v) is 13.2. The lowest BCUT2D eigenvalue weighted by atomic mass is 10.1. The molecule has 0 fully saturated rings. The Labute approximate surface area is 233 Å². The van der Waals surface area contributed by atoms with Gasteiger partial charge in [-0.1, -0.05) is 17.7 Å². The van der Waals surface area contributed by atoms with Crippen LogP contribution in [-0.4, -0.2) is 45.7 Å². The van der Waals surface area contributed by atoms with Crippen molar-refractivity contribution in [3.8, 4) is 5.75 Å². The van der Waals surface area contributed by atoms with Gasteiger partial charge >= 0.3 is 6.18 Å². The van der Waals surface area contributed by atoms with E-state index in [4.69, 9.17) is 21.1 Å². The number of halogens is 4. The summed E-state index contributed by atoms with van der Waals surface area (Å²) in [6, 6.07) is 13.2. The van der Waals surface area contributed by atoms with Crippen LogP contribution in [0.3, 0.4) is 0 Å². The van der Waals surface area contributed by atoms with E-state index in [-0.39, 0.29) is 5.91 Å². The molecule has 3 heterocycles. The molecule has 0 atom stereocenters. The molecule has 2 aromatic carbocycles. The highest BCUT2D eigenvalue weighted by molar-refractivity contribution is 7.99. The van der Waals surface area contributed by atoms with Crippen LogP contribution in [0.5, 0.6) is 5.75 Å². The summed E-state index contributed by atoms with van der Waals surface area (Å²) in [5.41, 5.74) is 1.89. The van der Waals surface area contributed by atoms with Crippen molar-refractivity contribution < 1.29 is 27.5 Å². The number of anilines is 5. The van der Waals surface area contributed by atoms with Gasteiger partial charge in [-0.05, 0) is 30.3 Å². The number of ether oxygens (including phenoxy) is 1. The van der Waals surface area contributed by atoms with E-state index < -0.39 is 12.5 Å². The van der Waals surface area contributed by atoms with Crippen molar-refractivity contribution in [1.82, 2.24) is 15.0 Å². The van der Waals surface area contributed by atoms with Crippen molar-refractivity contribution in [3.63, 3.8) is 0 Å². The zero-order chi connectivity index (χ0) is 27.8. The molecular weight excluding hydrogens is 577 g/mol. The number of aromatic nitrogens is 3. The molecule has 1 aliphatic heterocycles. The minimum absolute atomic E-state index is 0.291. The van der Waals surface area contributed by atoms with Gasteiger partial charge in [0, 0.05) is 45.2 Å². The van der Waals surface area contributed by atoms with Gasteiger partial charge < -0.3 is 15.4 Å². The molecule has 39 heavy (non-hydrogen) atoms. The first-order valence-electron chi connectivity index (χ1n) is 11.0. The van der Waals surface area contributed by atoms with Gasteiger partial charge in [-0.25, -0.2) is 9.97 Å². The molecule has 1 aliphatic rings. The Morgan fingerprint density at radius 1 is 1.13 bits per heavy atom. The van der Waals surface area contributed by atoms with E-state index in [9.17, 15) is 18.0 Å². The maximum atomic E-state index is 12.8. The number of fused-ring (bicyclic) bond motifs is 6. The number of amides is 1. The van der Waals surface area contributed by atoms with Crippen LogP contribution in [0.2, 0.25) is 5.02 Å². The molecule has 0 unspecified atom stereocenters. The molecule has 0 aliphatic carbocycles. The number of nitrogens with zero attached hydrogens (tertiary/aromatic N) is 3. The maximum absolute atomic E-state index is 12.8. The van der Waals surface area contributed by atoms with Crippen LogP contribution in [0.25, 0.3) is 0 Å². The molecule has 0 radical (unpaired) electrons. The zero-order valence-corrected chi connectivity index (χ0v) is 22.0. The Morgan fingerprint density at radius 2 is 1.95 bits per heavy atom. The number of thiazole rings is 1. The maximum Gasteiger partial charge on any atom is 0.446 e. The number of thioether (sulfide) groups is 1. The van der Waals surface area contributed by atoms with Crippen LogP contribution in [0.1, 0.15) is 10.4 Å². The Balaban J connectivity index is 0.000000531. The number of alkyl halides is 3. The normalized spacial score (nSPS) is 12.6. The molecule has 5 rings (SSSR count). The summed E-state index contributed by atoms with van der Waals surface area (Å²) >= 11 is 9.34. The highest BCUT2D eigenvalue weighted by atomic mass is 35.5. The zero-order valence-electron chi connectivity index (χ0n) is 19.7. The van der Waals surface area contributed by atoms with E-state index in [1.807, 2.05) is 24.3 Å². The number of nitrogens with one attached hydrogen (secondary N) is 3. The molecule has 15 heteroatoms. The summed E-state index contributed by atoms with van der Waals surface area (Å²) < 4.78 is 37.2. The van der Waals surface area contributed by atoms with Gasteiger partial charge in [0.1, 0.15) is 10.8 Å². The third-order valence-electron chi connectivity index (χ3n) is 4.67. The first-order chi connectivity index (χ1) is 18.7. The lowest BCUT2D eigenvalue weighted by Crippen LogP contribution is -2.13. The van der Waals surface area contributed by atoms with E-state index in [1.165, 1.54) is 17.5 Å². The van der Waals surface area contributed by atoms with Gasteiger partial charge in [0.2, 0.25) is 12.2 Å². The van der Waals surface area contributed by atoms with Crippen LogP contribution in [0.15, 0.2) is 65.1 Å². The fourth-order valence-electron chi connectivity index (χ4n) is 3.10. The molecule has 202 valence electrons. The lowest BCUT2D eigenvalue weighted by Gasteiger charge is -2.13. The van der Waals surface area contributed by atoms with Crippen LogP contribution < -0.4 is 20.7 Å².